The average Bonchev–Trinajstić information content (AvgIpc) is 2.84. The zero-order valence-corrected chi connectivity index (χ0v) is 11.0. The molecular formula is C14H18N2O3. The van der Waals surface area contributed by atoms with Crippen LogP contribution in [0.4, 0.5) is 10.5 Å². The van der Waals surface area contributed by atoms with E-state index in [2.05, 4.69) is 5.32 Å². The second-order valence-corrected chi connectivity index (χ2v) is 4.39. The smallest absolute Gasteiger partial charge is 0.407 e. The average molecular weight is 262 g/mol. The number of carbonyl (C=O) groups excluding carboxylic acids is 2. The Balaban J connectivity index is 1.91. The van der Waals surface area contributed by atoms with Crippen molar-refractivity contribution in [1.82, 2.24) is 5.32 Å². The first kappa shape index (κ1) is 13.4. The molecule has 0 saturated carbocycles. The van der Waals surface area contributed by atoms with Crippen LogP contribution in [0, 0.1) is 0 Å². The zero-order valence-electron chi connectivity index (χ0n) is 11.0. The first-order chi connectivity index (χ1) is 9.20. The Morgan fingerprint density at radius 2 is 2.11 bits per heavy atom. The third kappa shape index (κ3) is 3.47. The highest BCUT2D eigenvalue weighted by Gasteiger charge is 2.21. The van der Waals surface area contributed by atoms with Crippen molar-refractivity contribution in [1.29, 1.82) is 0 Å². The number of alkyl carbamates (subject to hydrolysis) is 1. The molecule has 0 spiro atoms. The summed E-state index contributed by atoms with van der Waals surface area (Å²) < 4.78 is 4.78. The number of carbonyl (C=O) groups is 2. The van der Waals surface area contributed by atoms with Crippen LogP contribution in [-0.4, -0.2) is 25.2 Å². The molecule has 1 heterocycles. The molecule has 0 radical (unpaired) electrons. The third-order valence-corrected chi connectivity index (χ3v) is 3.03. The van der Waals surface area contributed by atoms with Crippen LogP contribution in [0.25, 0.3) is 0 Å². The fourth-order valence-corrected chi connectivity index (χ4v) is 2.07. The van der Waals surface area contributed by atoms with Crippen molar-refractivity contribution in [2.24, 2.45) is 0 Å². The molecule has 1 aliphatic heterocycles. The van der Waals surface area contributed by atoms with Crippen LogP contribution in [0.3, 0.4) is 0 Å². The van der Waals surface area contributed by atoms with Gasteiger partial charge in [-0.15, -0.1) is 0 Å². The van der Waals surface area contributed by atoms with E-state index >= 15 is 0 Å². The largest absolute Gasteiger partial charge is 0.450 e. The molecule has 0 bridgehead atoms. The van der Waals surface area contributed by atoms with Gasteiger partial charge in [-0.3, -0.25) is 4.79 Å². The fraction of sp³-hybridized carbons (Fsp3) is 0.429. The van der Waals surface area contributed by atoms with E-state index in [1.807, 2.05) is 24.3 Å². The Morgan fingerprint density at radius 3 is 2.68 bits per heavy atom. The van der Waals surface area contributed by atoms with E-state index in [-0.39, 0.29) is 5.91 Å². The van der Waals surface area contributed by atoms with Crippen molar-refractivity contribution in [2.45, 2.75) is 26.3 Å². The summed E-state index contributed by atoms with van der Waals surface area (Å²) >= 11 is 0. The van der Waals surface area contributed by atoms with E-state index in [9.17, 15) is 9.59 Å². The number of nitrogens with zero attached hydrogens (tertiary/aromatic N) is 1. The molecule has 5 nitrogen and oxygen atoms in total. The molecule has 0 aliphatic carbocycles. The van der Waals surface area contributed by atoms with Gasteiger partial charge in [-0.25, -0.2) is 4.79 Å². The molecule has 1 fully saturated rings. The molecule has 1 N–H and O–H groups in total. The third-order valence-electron chi connectivity index (χ3n) is 3.03. The number of hydrogen-bond acceptors (Lipinski definition) is 3. The Kier molecular flexibility index (Phi) is 4.39. The lowest BCUT2D eigenvalue weighted by molar-refractivity contribution is -0.117. The predicted octanol–water partition coefficient (Wildman–Crippen LogP) is 2.06. The van der Waals surface area contributed by atoms with Gasteiger partial charge in [-0.05, 0) is 31.0 Å². The number of nitrogens with one attached hydrogen (secondary N) is 1. The molecule has 5 heteroatoms. The number of hydrogen-bond donors (Lipinski definition) is 1. The van der Waals surface area contributed by atoms with Gasteiger partial charge in [0.1, 0.15) is 0 Å². The number of amides is 2. The second-order valence-electron chi connectivity index (χ2n) is 4.39. The van der Waals surface area contributed by atoms with Gasteiger partial charge in [0.15, 0.2) is 0 Å². The minimum absolute atomic E-state index is 0.178. The topological polar surface area (TPSA) is 58.6 Å². The van der Waals surface area contributed by atoms with Crippen LogP contribution in [0.2, 0.25) is 0 Å². The first-order valence-corrected chi connectivity index (χ1v) is 6.50. The molecule has 1 saturated heterocycles. The van der Waals surface area contributed by atoms with Crippen LogP contribution in [0.5, 0.6) is 0 Å². The van der Waals surface area contributed by atoms with Crippen molar-refractivity contribution in [3.05, 3.63) is 29.8 Å². The maximum absolute atomic E-state index is 11.6. The van der Waals surface area contributed by atoms with Crippen molar-refractivity contribution in [2.75, 3.05) is 18.1 Å². The van der Waals surface area contributed by atoms with E-state index in [0.29, 0.717) is 19.6 Å². The van der Waals surface area contributed by atoms with Crippen molar-refractivity contribution in [3.63, 3.8) is 0 Å². The van der Waals surface area contributed by atoms with Gasteiger partial charge in [-0.1, -0.05) is 12.1 Å². The SMILES string of the molecule is CCOC(=O)NCc1ccc(N2CCCC2=O)cc1. The summed E-state index contributed by atoms with van der Waals surface area (Å²) in [6, 6.07) is 7.64. The molecular weight excluding hydrogens is 244 g/mol. The van der Waals surface area contributed by atoms with Crippen LogP contribution in [0.1, 0.15) is 25.3 Å². The lowest BCUT2D eigenvalue weighted by Crippen LogP contribution is -2.24. The maximum atomic E-state index is 11.6. The minimum Gasteiger partial charge on any atom is -0.450 e. The van der Waals surface area contributed by atoms with Crippen molar-refractivity contribution in [3.8, 4) is 0 Å². The minimum atomic E-state index is -0.415. The predicted molar refractivity (Wildman–Crippen MR) is 71.9 cm³/mol. The van der Waals surface area contributed by atoms with E-state index in [4.69, 9.17) is 4.74 Å². The molecule has 0 unspecified atom stereocenters. The second kappa shape index (κ2) is 6.22. The number of benzene rings is 1. The van der Waals surface area contributed by atoms with Gasteiger partial charge in [0.25, 0.3) is 0 Å². The highest BCUT2D eigenvalue weighted by atomic mass is 16.5. The monoisotopic (exact) mass is 262 g/mol. The van der Waals surface area contributed by atoms with Crippen LogP contribution >= 0.6 is 0 Å². The summed E-state index contributed by atoms with van der Waals surface area (Å²) in [7, 11) is 0. The maximum Gasteiger partial charge on any atom is 0.407 e. The Hall–Kier alpha value is -2.04. The first-order valence-electron chi connectivity index (χ1n) is 6.50. The zero-order chi connectivity index (χ0) is 13.7. The highest BCUT2D eigenvalue weighted by Crippen LogP contribution is 2.21. The molecule has 2 amide bonds. The van der Waals surface area contributed by atoms with Gasteiger partial charge in [0, 0.05) is 25.2 Å². The number of ether oxygens (including phenoxy) is 1. The van der Waals surface area contributed by atoms with E-state index in [1.165, 1.54) is 0 Å². The van der Waals surface area contributed by atoms with E-state index in [0.717, 1.165) is 24.2 Å². The van der Waals surface area contributed by atoms with Gasteiger partial charge in [0.05, 0.1) is 6.61 Å². The highest BCUT2D eigenvalue weighted by molar-refractivity contribution is 5.95. The molecule has 2 rings (SSSR count). The quantitative estimate of drug-likeness (QED) is 0.903. The molecule has 0 atom stereocenters. The van der Waals surface area contributed by atoms with E-state index in [1.54, 1.807) is 11.8 Å². The van der Waals surface area contributed by atoms with Gasteiger partial charge < -0.3 is 15.0 Å². The fourth-order valence-electron chi connectivity index (χ4n) is 2.07. The summed E-state index contributed by atoms with van der Waals surface area (Å²) in [6.07, 6.45) is 1.14. The Labute approximate surface area is 112 Å². The van der Waals surface area contributed by atoms with Gasteiger partial charge >= 0.3 is 6.09 Å². The van der Waals surface area contributed by atoms with Crippen LogP contribution in [0.15, 0.2) is 24.3 Å². The summed E-state index contributed by atoms with van der Waals surface area (Å²) in [5.41, 5.74) is 1.89. The van der Waals surface area contributed by atoms with Gasteiger partial charge in [-0.2, -0.15) is 0 Å². The molecule has 1 aromatic rings. The summed E-state index contributed by atoms with van der Waals surface area (Å²) in [6.45, 7) is 3.34. The molecule has 19 heavy (non-hydrogen) atoms. The summed E-state index contributed by atoms with van der Waals surface area (Å²) in [4.78, 5) is 24.5. The summed E-state index contributed by atoms with van der Waals surface area (Å²) in [5, 5.41) is 2.66. The lowest BCUT2D eigenvalue weighted by atomic mass is 10.2. The van der Waals surface area contributed by atoms with Crippen molar-refractivity contribution < 1.29 is 14.3 Å². The van der Waals surface area contributed by atoms with E-state index < -0.39 is 6.09 Å². The number of rotatable bonds is 4. The van der Waals surface area contributed by atoms with Crippen LogP contribution in [-0.2, 0) is 16.1 Å². The van der Waals surface area contributed by atoms with Crippen molar-refractivity contribution >= 4 is 17.7 Å². The van der Waals surface area contributed by atoms with Crippen LogP contribution < -0.4 is 10.2 Å². The Bertz CT molecular complexity index is 456. The summed E-state index contributed by atoms with van der Waals surface area (Å²) in [5.74, 6) is 0.178. The normalized spacial score (nSPS) is 14.6. The molecule has 1 aliphatic rings. The molecule has 1 aromatic carbocycles. The standard InChI is InChI=1S/C14H18N2O3/c1-2-19-14(18)15-10-11-5-7-12(8-6-11)16-9-3-4-13(16)17/h5-8H,2-4,9-10H2,1H3,(H,15,18). The number of anilines is 1. The Morgan fingerprint density at radius 1 is 1.37 bits per heavy atom. The lowest BCUT2D eigenvalue weighted by Gasteiger charge is -2.16. The molecule has 0 aromatic heterocycles. The molecule has 102 valence electrons. The van der Waals surface area contributed by atoms with Gasteiger partial charge in [0.2, 0.25) is 5.91 Å².